The molecule has 4 nitrogen and oxygen atoms in total. The molecule has 0 aliphatic rings. The Hall–Kier alpha value is -1.66. The first-order valence-electron chi connectivity index (χ1n) is 5.47. The maximum Gasteiger partial charge on any atom is 0.298 e. The maximum absolute atomic E-state index is 12.3. The second kappa shape index (κ2) is 5.99. The molecule has 7 heteroatoms. The van der Waals surface area contributed by atoms with E-state index in [-0.39, 0.29) is 12.3 Å². The quantitative estimate of drug-likeness (QED) is 0.886. The number of benzene rings is 1. The van der Waals surface area contributed by atoms with Crippen LogP contribution in [0.5, 0.6) is 5.75 Å². The summed E-state index contributed by atoms with van der Waals surface area (Å²) in [6, 6.07) is 5.89. The summed E-state index contributed by atoms with van der Waals surface area (Å²) in [4.78, 5) is 0. The predicted molar refractivity (Wildman–Crippen MR) is 65.1 cm³/mol. The summed E-state index contributed by atoms with van der Waals surface area (Å²) in [7, 11) is 0. The molecule has 1 heterocycles. The van der Waals surface area contributed by atoms with E-state index in [1.807, 2.05) is 0 Å². The lowest BCUT2D eigenvalue weighted by molar-refractivity contribution is 0.112. The molecule has 0 saturated heterocycles. The van der Waals surface area contributed by atoms with E-state index in [4.69, 9.17) is 11.6 Å². The molecule has 0 saturated carbocycles. The van der Waals surface area contributed by atoms with E-state index in [2.05, 4.69) is 15.0 Å². The highest BCUT2D eigenvalue weighted by Crippen LogP contribution is 2.20. The van der Waals surface area contributed by atoms with Gasteiger partial charge in [0.15, 0.2) is 0 Å². The number of phenols is 1. The Balaban J connectivity index is 1.88. The molecule has 2 N–H and O–H groups in total. The van der Waals surface area contributed by atoms with Crippen LogP contribution in [0.1, 0.15) is 23.4 Å². The van der Waals surface area contributed by atoms with Crippen molar-refractivity contribution in [3.05, 3.63) is 46.3 Å². The molecule has 2 rings (SSSR count). The zero-order valence-corrected chi connectivity index (χ0v) is 10.5. The summed E-state index contributed by atoms with van der Waals surface area (Å²) < 4.78 is 29.0. The molecule has 0 aliphatic heterocycles. The smallest absolute Gasteiger partial charge is 0.298 e. The van der Waals surface area contributed by atoms with Gasteiger partial charge >= 0.3 is 0 Å². The molecule has 1 aromatic carbocycles. The fraction of sp³-hybridized carbons (Fsp3) is 0.250. The van der Waals surface area contributed by atoms with Crippen molar-refractivity contribution < 1.29 is 18.4 Å². The Bertz CT molecular complexity index is 540. The van der Waals surface area contributed by atoms with Gasteiger partial charge in [-0.15, -0.1) is 0 Å². The Morgan fingerprint density at radius 1 is 1.26 bits per heavy atom. The number of nitrogens with one attached hydrogen (secondary N) is 1. The molecule has 0 amide bonds. The van der Waals surface area contributed by atoms with Gasteiger partial charge in [-0.25, -0.2) is 8.78 Å². The van der Waals surface area contributed by atoms with Crippen molar-refractivity contribution in [2.45, 2.75) is 19.5 Å². The Labute approximate surface area is 113 Å². The molecule has 0 spiro atoms. The van der Waals surface area contributed by atoms with Gasteiger partial charge in [0.25, 0.3) is 6.43 Å². The van der Waals surface area contributed by atoms with Crippen LogP contribution in [-0.2, 0) is 13.1 Å². The molecule has 0 aliphatic carbocycles. The fourth-order valence-electron chi connectivity index (χ4n) is 1.58. The lowest BCUT2D eigenvalue weighted by atomic mass is 10.2. The molecular formula is C12H11ClF2N2O2. The van der Waals surface area contributed by atoms with Gasteiger partial charge in [-0.3, -0.25) is 0 Å². The molecule has 19 heavy (non-hydrogen) atoms. The van der Waals surface area contributed by atoms with Crippen LogP contribution in [-0.4, -0.2) is 10.3 Å². The van der Waals surface area contributed by atoms with Crippen molar-refractivity contribution in [2.75, 3.05) is 0 Å². The van der Waals surface area contributed by atoms with Crippen molar-refractivity contribution >= 4 is 11.6 Å². The first-order chi connectivity index (χ1) is 9.04. The summed E-state index contributed by atoms with van der Waals surface area (Å²) >= 11 is 5.79. The molecule has 0 radical (unpaired) electrons. The minimum atomic E-state index is -2.66. The highest BCUT2D eigenvalue weighted by Gasteiger charge is 2.13. The predicted octanol–water partition coefficient (Wildman–Crippen LogP) is 3.26. The fourth-order valence-corrected chi connectivity index (χ4v) is 1.84. The second-order valence-electron chi connectivity index (χ2n) is 3.94. The Kier molecular flexibility index (Phi) is 4.34. The number of hydrogen-bond acceptors (Lipinski definition) is 4. The van der Waals surface area contributed by atoms with Gasteiger partial charge in [-0.05, 0) is 23.8 Å². The molecule has 0 fully saturated rings. The third kappa shape index (κ3) is 3.90. The second-order valence-corrected chi connectivity index (χ2v) is 4.38. The average Bonchev–Trinajstić information content (AvgIpc) is 2.76. The number of hydrogen-bond donors (Lipinski definition) is 2. The molecule has 1 aromatic heterocycles. The molecule has 0 atom stereocenters. The zero-order valence-electron chi connectivity index (χ0n) is 9.74. The lowest BCUT2D eigenvalue weighted by Crippen LogP contribution is -2.12. The van der Waals surface area contributed by atoms with Gasteiger partial charge < -0.3 is 14.9 Å². The molecule has 2 aromatic rings. The summed E-state index contributed by atoms with van der Waals surface area (Å²) in [6.45, 7) is 0.703. The first-order valence-corrected chi connectivity index (χ1v) is 5.85. The first kappa shape index (κ1) is 13.8. The topological polar surface area (TPSA) is 58.3 Å². The molecule has 0 unspecified atom stereocenters. The van der Waals surface area contributed by atoms with Crippen molar-refractivity contribution in [3.8, 4) is 5.75 Å². The Morgan fingerprint density at radius 3 is 2.68 bits per heavy atom. The standard InChI is InChI=1S/C12H11ClF2N2O2/c13-8-1-7(2-10(18)3-8)5-16-6-9-4-11(12(14)15)19-17-9/h1-4,12,16,18H,5-6H2. The number of aromatic hydroxyl groups is 1. The van der Waals surface area contributed by atoms with E-state index in [1.54, 1.807) is 12.1 Å². The third-order valence-electron chi connectivity index (χ3n) is 2.37. The molecule has 0 bridgehead atoms. The van der Waals surface area contributed by atoms with Crippen LogP contribution in [0.25, 0.3) is 0 Å². The summed E-state index contributed by atoms with van der Waals surface area (Å²) in [5, 5.41) is 16.3. The van der Waals surface area contributed by atoms with E-state index in [0.717, 1.165) is 5.56 Å². The number of rotatable bonds is 5. The summed E-state index contributed by atoms with van der Waals surface area (Å²) in [5.74, 6) is -0.372. The SMILES string of the molecule is Oc1cc(Cl)cc(CNCc2cc(C(F)F)on2)c1. The summed E-state index contributed by atoms with van der Waals surface area (Å²) in [6.07, 6.45) is -2.66. The van der Waals surface area contributed by atoms with E-state index in [1.165, 1.54) is 12.1 Å². The van der Waals surface area contributed by atoms with E-state index < -0.39 is 12.2 Å². The zero-order chi connectivity index (χ0) is 13.8. The van der Waals surface area contributed by atoms with E-state index in [9.17, 15) is 13.9 Å². The van der Waals surface area contributed by atoms with Gasteiger partial charge in [0.1, 0.15) is 5.75 Å². The highest BCUT2D eigenvalue weighted by molar-refractivity contribution is 6.30. The molecule has 102 valence electrons. The van der Waals surface area contributed by atoms with Crippen LogP contribution in [0.4, 0.5) is 8.78 Å². The largest absolute Gasteiger partial charge is 0.508 e. The molecular weight excluding hydrogens is 278 g/mol. The van der Waals surface area contributed by atoms with Gasteiger partial charge in [0, 0.05) is 24.2 Å². The van der Waals surface area contributed by atoms with Crippen molar-refractivity contribution in [1.82, 2.24) is 10.5 Å². The van der Waals surface area contributed by atoms with Crippen LogP contribution in [0.15, 0.2) is 28.8 Å². The van der Waals surface area contributed by atoms with Crippen LogP contribution < -0.4 is 5.32 Å². The van der Waals surface area contributed by atoms with Crippen LogP contribution in [0.3, 0.4) is 0 Å². The minimum Gasteiger partial charge on any atom is -0.508 e. The average molecular weight is 289 g/mol. The van der Waals surface area contributed by atoms with Gasteiger partial charge in [-0.2, -0.15) is 0 Å². The Morgan fingerprint density at radius 2 is 2.05 bits per heavy atom. The van der Waals surface area contributed by atoms with Crippen LogP contribution in [0, 0.1) is 0 Å². The van der Waals surface area contributed by atoms with Crippen molar-refractivity contribution in [3.63, 3.8) is 0 Å². The van der Waals surface area contributed by atoms with Gasteiger partial charge in [-0.1, -0.05) is 16.8 Å². The van der Waals surface area contributed by atoms with Crippen LogP contribution >= 0.6 is 11.6 Å². The number of nitrogens with zero attached hydrogens (tertiary/aromatic N) is 1. The number of alkyl halides is 2. The minimum absolute atomic E-state index is 0.0747. The van der Waals surface area contributed by atoms with E-state index >= 15 is 0 Å². The van der Waals surface area contributed by atoms with Gasteiger partial charge in [0.05, 0.1) is 5.69 Å². The monoisotopic (exact) mass is 288 g/mol. The number of aromatic nitrogens is 1. The van der Waals surface area contributed by atoms with Gasteiger partial charge in [0.2, 0.25) is 5.76 Å². The lowest BCUT2D eigenvalue weighted by Gasteiger charge is -2.04. The number of phenolic OH excluding ortho intramolecular Hbond substituents is 1. The normalized spacial score (nSPS) is 11.2. The third-order valence-corrected chi connectivity index (χ3v) is 2.59. The summed E-state index contributed by atoms with van der Waals surface area (Å²) in [5.41, 5.74) is 1.17. The van der Waals surface area contributed by atoms with Crippen LogP contribution in [0.2, 0.25) is 5.02 Å². The maximum atomic E-state index is 12.3. The van der Waals surface area contributed by atoms with E-state index in [0.29, 0.717) is 17.3 Å². The number of halogens is 3. The van der Waals surface area contributed by atoms with Crippen molar-refractivity contribution in [1.29, 1.82) is 0 Å². The van der Waals surface area contributed by atoms with Crippen molar-refractivity contribution in [2.24, 2.45) is 0 Å². The highest BCUT2D eigenvalue weighted by atomic mass is 35.5.